The molecule has 1 aliphatic heterocycles. The lowest BCUT2D eigenvalue weighted by atomic mass is 10.2. The van der Waals surface area contributed by atoms with Gasteiger partial charge in [-0.3, -0.25) is 4.79 Å². The maximum Gasteiger partial charge on any atom is 0.272 e. The van der Waals surface area contributed by atoms with Crippen LogP contribution in [0.15, 0.2) is 18.3 Å². The lowest BCUT2D eigenvalue weighted by Gasteiger charge is -2.31. The van der Waals surface area contributed by atoms with Gasteiger partial charge in [0.15, 0.2) is 0 Å². The molecule has 1 amide bonds. The van der Waals surface area contributed by atoms with E-state index in [0.717, 1.165) is 43.9 Å². The van der Waals surface area contributed by atoms with E-state index in [-0.39, 0.29) is 5.91 Å². The summed E-state index contributed by atoms with van der Waals surface area (Å²) in [5.74, 6) is 1.09. The predicted molar refractivity (Wildman–Crippen MR) is 85.5 cm³/mol. The van der Waals surface area contributed by atoms with Gasteiger partial charge in [0.2, 0.25) is 0 Å². The number of hydrogen-bond donors (Lipinski definition) is 1. The van der Waals surface area contributed by atoms with Gasteiger partial charge in [-0.2, -0.15) is 11.8 Å². The van der Waals surface area contributed by atoms with Crippen LogP contribution in [0.1, 0.15) is 37.2 Å². The molecule has 110 valence electrons. The number of nitrogens with zero attached hydrogens (tertiary/aromatic N) is 2. The molecule has 1 saturated heterocycles. The molecule has 4 nitrogen and oxygen atoms in total. The second-order valence-electron chi connectivity index (χ2n) is 5.01. The zero-order chi connectivity index (χ0) is 14.4. The summed E-state index contributed by atoms with van der Waals surface area (Å²) in [5.41, 5.74) is 1.53. The molecule has 2 rings (SSSR count). The zero-order valence-electron chi connectivity index (χ0n) is 12.3. The minimum atomic E-state index is 0.0609. The van der Waals surface area contributed by atoms with E-state index in [4.69, 9.17) is 0 Å². The molecule has 1 aromatic rings. The van der Waals surface area contributed by atoms with E-state index in [9.17, 15) is 4.79 Å². The molecule has 0 aliphatic carbocycles. The Kier molecular flexibility index (Phi) is 5.71. The fraction of sp³-hybridized carbons (Fsp3) is 0.600. The molecule has 0 aromatic carbocycles. The first-order valence-electron chi connectivity index (χ1n) is 7.35. The second-order valence-corrected chi connectivity index (χ2v) is 6.42. The highest BCUT2D eigenvalue weighted by Gasteiger charge is 2.24. The van der Waals surface area contributed by atoms with Gasteiger partial charge in [0.25, 0.3) is 5.91 Å². The van der Waals surface area contributed by atoms with E-state index in [1.165, 1.54) is 0 Å². The highest BCUT2D eigenvalue weighted by molar-refractivity contribution is 8.00. The van der Waals surface area contributed by atoms with Crippen molar-refractivity contribution in [2.24, 2.45) is 0 Å². The maximum absolute atomic E-state index is 12.4. The molecule has 1 aliphatic rings. The van der Waals surface area contributed by atoms with Crippen LogP contribution >= 0.6 is 11.8 Å². The SMILES string of the molecule is CCCNc1ccc(C(=O)N2CCSC(CC)C2)nc1. The normalized spacial score (nSPS) is 18.9. The van der Waals surface area contributed by atoms with Crippen LogP contribution in [0.2, 0.25) is 0 Å². The summed E-state index contributed by atoms with van der Waals surface area (Å²) < 4.78 is 0. The van der Waals surface area contributed by atoms with Gasteiger partial charge < -0.3 is 10.2 Å². The third-order valence-electron chi connectivity index (χ3n) is 3.44. The minimum Gasteiger partial charge on any atom is -0.384 e. The van der Waals surface area contributed by atoms with Crippen molar-refractivity contribution >= 4 is 23.4 Å². The Hall–Kier alpha value is -1.23. The first kappa shape index (κ1) is 15.2. The van der Waals surface area contributed by atoms with E-state index in [2.05, 4.69) is 24.1 Å². The first-order valence-corrected chi connectivity index (χ1v) is 8.40. The predicted octanol–water partition coefficient (Wildman–Crippen LogP) is 2.87. The second kappa shape index (κ2) is 7.53. The number of thioether (sulfide) groups is 1. The monoisotopic (exact) mass is 293 g/mol. The Morgan fingerprint density at radius 3 is 3.00 bits per heavy atom. The molecule has 20 heavy (non-hydrogen) atoms. The summed E-state index contributed by atoms with van der Waals surface area (Å²) in [4.78, 5) is 18.7. The summed E-state index contributed by atoms with van der Waals surface area (Å²) in [6.45, 7) is 6.90. The molecule has 1 N–H and O–H groups in total. The van der Waals surface area contributed by atoms with Crippen LogP contribution in [0.25, 0.3) is 0 Å². The van der Waals surface area contributed by atoms with Crippen LogP contribution in [0.4, 0.5) is 5.69 Å². The topological polar surface area (TPSA) is 45.2 Å². The molecule has 0 radical (unpaired) electrons. The molecule has 2 heterocycles. The Labute approximate surface area is 125 Å². The number of hydrogen-bond acceptors (Lipinski definition) is 4. The number of nitrogens with one attached hydrogen (secondary N) is 1. The smallest absolute Gasteiger partial charge is 0.272 e. The van der Waals surface area contributed by atoms with E-state index in [1.807, 2.05) is 28.8 Å². The zero-order valence-corrected chi connectivity index (χ0v) is 13.1. The fourth-order valence-corrected chi connectivity index (χ4v) is 3.39. The highest BCUT2D eigenvalue weighted by atomic mass is 32.2. The first-order chi connectivity index (χ1) is 9.74. The molecule has 1 unspecified atom stereocenters. The molecule has 5 heteroatoms. The standard InChI is InChI=1S/C15H23N3OS/c1-3-7-16-12-5-6-14(17-10-12)15(19)18-8-9-20-13(4-2)11-18/h5-6,10,13,16H,3-4,7-9,11H2,1-2H3. The minimum absolute atomic E-state index is 0.0609. The maximum atomic E-state index is 12.4. The summed E-state index contributed by atoms with van der Waals surface area (Å²) in [7, 11) is 0. The van der Waals surface area contributed by atoms with Gasteiger partial charge in [-0.25, -0.2) is 4.98 Å². The van der Waals surface area contributed by atoms with E-state index in [1.54, 1.807) is 6.20 Å². The van der Waals surface area contributed by atoms with Gasteiger partial charge in [0, 0.05) is 30.6 Å². The number of amides is 1. The van der Waals surface area contributed by atoms with Gasteiger partial charge >= 0.3 is 0 Å². The highest BCUT2D eigenvalue weighted by Crippen LogP contribution is 2.22. The van der Waals surface area contributed by atoms with Gasteiger partial charge in [-0.05, 0) is 25.0 Å². The van der Waals surface area contributed by atoms with Crippen molar-refractivity contribution in [2.75, 3.05) is 30.7 Å². The van der Waals surface area contributed by atoms with Crippen molar-refractivity contribution in [3.63, 3.8) is 0 Å². The van der Waals surface area contributed by atoms with Crippen LogP contribution in [0.5, 0.6) is 0 Å². The molecule has 0 saturated carbocycles. The van der Waals surface area contributed by atoms with Crippen molar-refractivity contribution in [2.45, 2.75) is 31.9 Å². The number of carbonyl (C=O) groups is 1. The Morgan fingerprint density at radius 2 is 2.35 bits per heavy atom. The third kappa shape index (κ3) is 3.88. The number of aromatic nitrogens is 1. The van der Waals surface area contributed by atoms with Crippen molar-refractivity contribution in [3.05, 3.63) is 24.0 Å². The summed E-state index contributed by atoms with van der Waals surface area (Å²) in [6, 6.07) is 3.76. The van der Waals surface area contributed by atoms with Crippen molar-refractivity contribution < 1.29 is 4.79 Å². The van der Waals surface area contributed by atoms with Crippen molar-refractivity contribution in [1.29, 1.82) is 0 Å². The van der Waals surface area contributed by atoms with Crippen LogP contribution in [0, 0.1) is 0 Å². The summed E-state index contributed by atoms with van der Waals surface area (Å²) in [6.07, 6.45) is 3.94. The molecular weight excluding hydrogens is 270 g/mol. The molecule has 0 bridgehead atoms. The van der Waals surface area contributed by atoms with Gasteiger partial charge in [-0.1, -0.05) is 13.8 Å². The third-order valence-corrected chi connectivity index (χ3v) is 4.82. The Morgan fingerprint density at radius 1 is 1.50 bits per heavy atom. The quantitative estimate of drug-likeness (QED) is 0.906. The van der Waals surface area contributed by atoms with Crippen molar-refractivity contribution in [1.82, 2.24) is 9.88 Å². The average molecular weight is 293 g/mol. The van der Waals surface area contributed by atoms with E-state index >= 15 is 0 Å². The molecule has 1 fully saturated rings. The fourth-order valence-electron chi connectivity index (χ4n) is 2.21. The van der Waals surface area contributed by atoms with Gasteiger partial charge in [0.05, 0.1) is 11.9 Å². The van der Waals surface area contributed by atoms with Gasteiger partial charge in [0.1, 0.15) is 5.69 Å². The van der Waals surface area contributed by atoms with Gasteiger partial charge in [-0.15, -0.1) is 0 Å². The van der Waals surface area contributed by atoms with Crippen LogP contribution in [-0.4, -0.2) is 46.4 Å². The Bertz CT molecular complexity index is 435. The summed E-state index contributed by atoms with van der Waals surface area (Å²) in [5, 5.41) is 3.83. The lowest BCUT2D eigenvalue weighted by Crippen LogP contribution is -2.42. The number of pyridine rings is 1. The number of rotatable bonds is 5. The lowest BCUT2D eigenvalue weighted by molar-refractivity contribution is 0.0755. The van der Waals surface area contributed by atoms with Crippen LogP contribution in [0.3, 0.4) is 0 Å². The van der Waals surface area contributed by atoms with E-state index in [0.29, 0.717) is 10.9 Å². The molecular formula is C15H23N3OS. The van der Waals surface area contributed by atoms with Crippen molar-refractivity contribution in [3.8, 4) is 0 Å². The van der Waals surface area contributed by atoms with Crippen LogP contribution < -0.4 is 5.32 Å². The molecule has 1 aromatic heterocycles. The summed E-state index contributed by atoms with van der Waals surface area (Å²) >= 11 is 1.97. The molecule has 1 atom stereocenters. The Balaban J connectivity index is 1.98. The number of carbonyl (C=O) groups excluding carboxylic acids is 1. The van der Waals surface area contributed by atoms with Crippen LogP contribution in [-0.2, 0) is 0 Å². The van der Waals surface area contributed by atoms with E-state index < -0.39 is 0 Å². The molecule has 0 spiro atoms. The average Bonchev–Trinajstić information content (AvgIpc) is 2.52. The largest absolute Gasteiger partial charge is 0.384 e. The number of anilines is 1.